The summed E-state index contributed by atoms with van der Waals surface area (Å²) in [6.07, 6.45) is 1.41. The van der Waals surface area contributed by atoms with Gasteiger partial charge in [0.15, 0.2) is 0 Å². The Balaban J connectivity index is 0.000000292. The van der Waals surface area contributed by atoms with Crippen molar-refractivity contribution in [3.63, 3.8) is 0 Å². The van der Waals surface area contributed by atoms with Crippen LogP contribution < -0.4 is 0 Å². The van der Waals surface area contributed by atoms with E-state index in [2.05, 4.69) is 9.72 Å². The molecule has 1 heterocycles. The standard InChI is InChI=1S/C5H2Cl3N.C3H6O2/c6-3-1-5(8)9-2-4(3)7;1-2-5-3-4/h1-2H;3H,2H2,1H3. The molecule has 1 rings (SSSR count). The van der Waals surface area contributed by atoms with Gasteiger partial charge in [-0.3, -0.25) is 4.79 Å². The first-order chi connectivity index (χ1) is 6.61. The SMILES string of the molecule is CCOC=O.Clc1cc(Cl)c(Cl)cn1. The number of aromatic nitrogens is 1. The lowest BCUT2D eigenvalue weighted by atomic mass is 10.5. The summed E-state index contributed by atoms with van der Waals surface area (Å²) in [7, 11) is 0. The second-order valence-corrected chi connectivity index (χ2v) is 3.17. The van der Waals surface area contributed by atoms with E-state index in [1.807, 2.05) is 0 Å². The maximum Gasteiger partial charge on any atom is 0.293 e. The molecule has 0 aliphatic rings. The lowest BCUT2D eigenvalue weighted by Gasteiger charge is -1.91. The molecule has 0 radical (unpaired) electrons. The number of ether oxygens (including phenoxy) is 1. The van der Waals surface area contributed by atoms with Crippen molar-refractivity contribution in [3.05, 3.63) is 27.5 Å². The van der Waals surface area contributed by atoms with E-state index in [1.165, 1.54) is 12.3 Å². The predicted octanol–water partition coefficient (Wildman–Crippen LogP) is 3.22. The lowest BCUT2D eigenvalue weighted by Crippen LogP contribution is -1.80. The van der Waals surface area contributed by atoms with Gasteiger partial charge in [0.1, 0.15) is 5.15 Å². The first kappa shape index (κ1) is 13.5. The van der Waals surface area contributed by atoms with E-state index in [-0.39, 0.29) is 0 Å². The molecule has 0 fully saturated rings. The number of nitrogens with zero attached hydrogens (tertiary/aromatic N) is 1. The fourth-order valence-corrected chi connectivity index (χ4v) is 0.928. The number of halogens is 3. The minimum Gasteiger partial charge on any atom is -0.468 e. The van der Waals surface area contributed by atoms with Crippen LogP contribution in [-0.2, 0) is 9.53 Å². The maximum atomic E-state index is 9.18. The van der Waals surface area contributed by atoms with Crippen LogP contribution in [0.1, 0.15) is 6.92 Å². The highest BCUT2D eigenvalue weighted by Gasteiger charge is 1.96. The molecular formula is C8H8Cl3NO2. The van der Waals surface area contributed by atoms with E-state index >= 15 is 0 Å². The van der Waals surface area contributed by atoms with Crippen LogP contribution >= 0.6 is 34.8 Å². The van der Waals surface area contributed by atoms with E-state index in [4.69, 9.17) is 34.8 Å². The summed E-state index contributed by atoms with van der Waals surface area (Å²) in [5.41, 5.74) is 0. The van der Waals surface area contributed by atoms with E-state index in [0.29, 0.717) is 28.3 Å². The predicted molar refractivity (Wildman–Crippen MR) is 57.0 cm³/mol. The zero-order chi connectivity index (χ0) is 11.0. The molecular weight excluding hydrogens is 248 g/mol. The Morgan fingerprint density at radius 3 is 2.36 bits per heavy atom. The second kappa shape index (κ2) is 7.85. The molecule has 0 amide bonds. The third kappa shape index (κ3) is 6.02. The first-order valence-corrected chi connectivity index (χ1v) is 4.77. The van der Waals surface area contributed by atoms with Crippen molar-refractivity contribution >= 4 is 41.3 Å². The molecule has 3 nitrogen and oxygen atoms in total. The monoisotopic (exact) mass is 255 g/mol. The molecule has 0 aromatic carbocycles. The van der Waals surface area contributed by atoms with Crippen molar-refractivity contribution in [3.8, 4) is 0 Å². The molecule has 0 saturated carbocycles. The average Bonchev–Trinajstić information content (AvgIpc) is 2.14. The number of hydrogen-bond acceptors (Lipinski definition) is 3. The number of rotatable bonds is 2. The van der Waals surface area contributed by atoms with E-state index < -0.39 is 0 Å². The molecule has 0 spiro atoms. The fraction of sp³-hybridized carbons (Fsp3) is 0.250. The van der Waals surface area contributed by atoms with Gasteiger partial charge in [-0.1, -0.05) is 34.8 Å². The fourth-order valence-electron chi connectivity index (χ4n) is 0.459. The Hall–Kier alpha value is -0.510. The molecule has 1 aromatic rings. The molecule has 0 atom stereocenters. The van der Waals surface area contributed by atoms with Gasteiger partial charge in [-0.2, -0.15) is 0 Å². The van der Waals surface area contributed by atoms with Crippen LogP contribution in [0.2, 0.25) is 15.2 Å². The van der Waals surface area contributed by atoms with Gasteiger partial charge in [-0.05, 0) is 13.0 Å². The normalized spacial score (nSPS) is 8.57. The summed E-state index contributed by atoms with van der Waals surface area (Å²) in [4.78, 5) is 12.9. The lowest BCUT2D eigenvalue weighted by molar-refractivity contribution is -0.128. The van der Waals surface area contributed by atoms with Crippen LogP contribution in [0.3, 0.4) is 0 Å². The van der Waals surface area contributed by atoms with Gasteiger partial charge in [0.25, 0.3) is 6.47 Å². The molecule has 0 N–H and O–H groups in total. The highest BCUT2D eigenvalue weighted by Crippen LogP contribution is 2.22. The van der Waals surface area contributed by atoms with Crippen LogP contribution in [0.5, 0.6) is 0 Å². The highest BCUT2D eigenvalue weighted by atomic mass is 35.5. The van der Waals surface area contributed by atoms with Crippen LogP contribution in [-0.4, -0.2) is 18.1 Å². The Bertz CT molecular complexity index is 294. The molecule has 0 aliphatic heterocycles. The summed E-state index contributed by atoms with van der Waals surface area (Å²) in [5.74, 6) is 0. The molecule has 0 unspecified atom stereocenters. The van der Waals surface area contributed by atoms with Crippen LogP contribution in [0.15, 0.2) is 12.3 Å². The summed E-state index contributed by atoms with van der Waals surface area (Å²) < 4.78 is 4.15. The van der Waals surface area contributed by atoms with Crippen molar-refractivity contribution in [2.75, 3.05) is 6.61 Å². The van der Waals surface area contributed by atoms with Gasteiger partial charge in [-0.15, -0.1) is 0 Å². The van der Waals surface area contributed by atoms with Crippen molar-refractivity contribution in [1.29, 1.82) is 0 Å². The van der Waals surface area contributed by atoms with Crippen LogP contribution in [0.4, 0.5) is 0 Å². The van der Waals surface area contributed by atoms with Gasteiger partial charge in [0.2, 0.25) is 0 Å². The summed E-state index contributed by atoms with van der Waals surface area (Å²) in [6, 6.07) is 1.49. The second-order valence-electron chi connectivity index (χ2n) is 1.97. The number of carbonyl (C=O) groups is 1. The Kier molecular flexibility index (Phi) is 7.57. The Labute approximate surface area is 96.9 Å². The zero-order valence-electron chi connectivity index (χ0n) is 7.34. The Morgan fingerprint density at radius 1 is 1.43 bits per heavy atom. The van der Waals surface area contributed by atoms with Gasteiger partial charge < -0.3 is 4.74 Å². The summed E-state index contributed by atoms with van der Waals surface area (Å²) in [5, 5.41) is 1.20. The third-order valence-electron chi connectivity index (χ3n) is 1.01. The van der Waals surface area contributed by atoms with Gasteiger partial charge >= 0.3 is 0 Å². The van der Waals surface area contributed by atoms with Crippen molar-refractivity contribution in [2.45, 2.75) is 6.92 Å². The molecule has 78 valence electrons. The number of carbonyl (C=O) groups excluding carboxylic acids is 1. The highest BCUT2D eigenvalue weighted by molar-refractivity contribution is 6.42. The minimum absolute atomic E-state index is 0.351. The summed E-state index contributed by atoms with van der Waals surface area (Å²) in [6.45, 7) is 2.66. The van der Waals surface area contributed by atoms with Crippen LogP contribution in [0, 0.1) is 0 Å². The smallest absolute Gasteiger partial charge is 0.293 e. The molecule has 14 heavy (non-hydrogen) atoms. The average molecular weight is 257 g/mol. The third-order valence-corrected chi connectivity index (χ3v) is 1.93. The molecule has 0 aliphatic carbocycles. The van der Waals surface area contributed by atoms with Crippen molar-refractivity contribution in [1.82, 2.24) is 4.98 Å². The quantitative estimate of drug-likeness (QED) is 0.602. The molecule has 1 aromatic heterocycles. The minimum atomic E-state index is 0.351. The van der Waals surface area contributed by atoms with Crippen molar-refractivity contribution < 1.29 is 9.53 Å². The first-order valence-electron chi connectivity index (χ1n) is 3.63. The largest absolute Gasteiger partial charge is 0.468 e. The molecule has 0 bridgehead atoms. The Morgan fingerprint density at radius 2 is 2.07 bits per heavy atom. The maximum absolute atomic E-state index is 9.18. The topological polar surface area (TPSA) is 39.2 Å². The number of pyridine rings is 1. The van der Waals surface area contributed by atoms with Gasteiger partial charge in [-0.25, -0.2) is 4.98 Å². The van der Waals surface area contributed by atoms with Gasteiger partial charge in [0, 0.05) is 6.20 Å². The van der Waals surface area contributed by atoms with Crippen molar-refractivity contribution in [2.24, 2.45) is 0 Å². The van der Waals surface area contributed by atoms with E-state index in [9.17, 15) is 4.79 Å². The molecule has 0 saturated heterocycles. The zero-order valence-corrected chi connectivity index (χ0v) is 9.60. The van der Waals surface area contributed by atoms with Gasteiger partial charge in [0.05, 0.1) is 16.7 Å². The summed E-state index contributed by atoms with van der Waals surface area (Å²) >= 11 is 16.5. The number of hydrogen-bond donors (Lipinski definition) is 0. The molecule has 6 heteroatoms. The van der Waals surface area contributed by atoms with Crippen LogP contribution in [0.25, 0.3) is 0 Å². The van der Waals surface area contributed by atoms with E-state index in [1.54, 1.807) is 6.92 Å². The van der Waals surface area contributed by atoms with E-state index in [0.717, 1.165) is 0 Å².